The zero-order valence-corrected chi connectivity index (χ0v) is 15.7. The number of aryl methyl sites for hydroxylation is 1. The van der Waals surface area contributed by atoms with Gasteiger partial charge in [-0.3, -0.25) is 4.79 Å². The second-order valence-electron chi connectivity index (χ2n) is 4.88. The van der Waals surface area contributed by atoms with E-state index in [0.29, 0.717) is 22.3 Å². The van der Waals surface area contributed by atoms with E-state index in [-0.39, 0.29) is 13.0 Å². The molecule has 1 amide bonds. The highest BCUT2D eigenvalue weighted by atomic mass is 16.5. The number of carbonyl (C=O) groups excluding carboxylic acids is 1. The monoisotopic (exact) mass is 355 g/mol. The topological polar surface area (TPSA) is 68.5 Å². The van der Waals surface area contributed by atoms with Crippen molar-refractivity contribution in [2.24, 2.45) is 0 Å². The van der Waals surface area contributed by atoms with E-state index in [9.17, 15) is 9.59 Å². The van der Waals surface area contributed by atoms with Gasteiger partial charge in [-0.15, -0.1) is 0 Å². The zero-order chi connectivity index (χ0) is 19.5. The van der Waals surface area contributed by atoms with E-state index in [1.807, 2.05) is 26.0 Å². The van der Waals surface area contributed by atoms with Crippen LogP contribution in [0.1, 0.15) is 31.2 Å². The molecule has 0 unspecified atom stereocenters. The summed E-state index contributed by atoms with van der Waals surface area (Å²) in [5.41, 5.74) is 6.78. The highest BCUT2D eigenvalue weighted by Crippen LogP contribution is 2.16. The maximum Gasteiger partial charge on any atom is 0.339 e. The number of hydrogen-bond acceptors (Lipinski definition) is 4. The average molecular weight is 355 g/mol. The molecule has 1 aliphatic carbocycles. The number of benzene rings is 1. The summed E-state index contributed by atoms with van der Waals surface area (Å²) in [6, 6.07) is 8.88. The third-order valence-corrected chi connectivity index (χ3v) is 3.26. The standard InChI is InChI=1S/C10H6O2.C9H11NO2.C2H6.H2/c1-7-6-8-4-2-3-5-9(8)12-10(7)11;1-10-9(11)7-5-3-4-6-8(7)12-2;1-2;/h2,4,6H,1H3;3-6H,1-2H3,(H,10,11);1-2H3;1H. The lowest BCUT2D eigenvalue weighted by Gasteiger charge is -2.05. The predicted molar refractivity (Wildman–Crippen MR) is 105 cm³/mol. The number of fused-ring (bicyclic) bond motifs is 1. The fourth-order valence-corrected chi connectivity index (χ4v) is 2.02. The minimum absolute atomic E-state index is 0. The van der Waals surface area contributed by atoms with Gasteiger partial charge in [0.1, 0.15) is 5.75 Å². The molecule has 0 saturated heterocycles. The molecule has 0 atom stereocenters. The Morgan fingerprint density at radius 3 is 2.62 bits per heavy atom. The van der Waals surface area contributed by atoms with Crippen LogP contribution in [-0.4, -0.2) is 20.1 Å². The lowest BCUT2D eigenvalue weighted by atomic mass is 10.2. The molecule has 0 fully saturated rings. The second kappa shape index (κ2) is 10.6. The van der Waals surface area contributed by atoms with E-state index in [0.717, 1.165) is 5.22 Å². The third kappa shape index (κ3) is 5.38. The lowest BCUT2D eigenvalue weighted by molar-refractivity contribution is 0.0960. The van der Waals surface area contributed by atoms with E-state index >= 15 is 0 Å². The lowest BCUT2D eigenvalue weighted by Crippen LogP contribution is -2.29. The number of amides is 1. The van der Waals surface area contributed by atoms with Crippen LogP contribution in [0.3, 0.4) is 0 Å². The molecule has 0 radical (unpaired) electrons. The number of rotatable bonds is 2. The molecule has 1 aromatic carbocycles. The highest BCUT2D eigenvalue weighted by Gasteiger charge is 2.07. The summed E-state index contributed by atoms with van der Waals surface area (Å²) >= 11 is 0. The van der Waals surface area contributed by atoms with Crippen molar-refractivity contribution in [3.05, 3.63) is 74.3 Å². The van der Waals surface area contributed by atoms with E-state index < -0.39 is 0 Å². The molecular formula is C21H25NO4. The Morgan fingerprint density at radius 2 is 1.96 bits per heavy atom. The van der Waals surface area contributed by atoms with Gasteiger partial charge in [0.05, 0.1) is 12.7 Å². The Kier molecular flexibility index (Phi) is 8.45. The molecule has 1 aromatic heterocycles. The SMILES string of the molecule is CC.CNC(=O)c1ccccc1OC.Cc1cc2c(oc1=O)=C=C=CC=2.[HH]. The van der Waals surface area contributed by atoms with Crippen LogP contribution in [0.2, 0.25) is 0 Å². The van der Waals surface area contributed by atoms with Gasteiger partial charge < -0.3 is 14.5 Å². The van der Waals surface area contributed by atoms with E-state index in [2.05, 4.69) is 16.8 Å². The van der Waals surface area contributed by atoms with Crippen molar-refractivity contribution in [2.45, 2.75) is 20.8 Å². The van der Waals surface area contributed by atoms with Gasteiger partial charge in [0.25, 0.3) is 5.91 Å². The summed E-state index contributed by atoms with van der Waals surface area (Å²) in [5, 5.41) is 3.42. The van der Waals surface area contributed by atoms with Gasteiger partial charge in [-0.2, -0.15) is 0 Å². The normalized spacial score (nSPS) is 9.88. The van der Waals surface area contributed by atoms with Crippen molar-refractivity contribution >= 4 is 17.7 Å². The number of carbonyl (C=O) groups is 1. The molecule has 26 heavy (non-hydrogen) atoms. The zero-order valence-electron chi connectivity index (χ0n) is 15.7. The number of methoxy groups -OCH3 is 1. The van der Waals surface area contributed by atoms with Crippen LogP contribution in [0.25, 0.3) is 11.8 Å². The molecule has 1 aliphatic rings. The molecule has 0 bridgehead atoms. The molecule has 0 spiro atoms. The van der Waals surface area contributed by atoms with Crippen LogP contribution in [0.5, 0.6) is 5.75 Å². The van der Waals surface area contributed by atoms with E-state index in [1.165, 1.54) is 0 Å². The minimum atomic E-state index is -0.307. The molecular weight excluding hydrogens is 330 g/mol. The molecule has 1 N–H and O–H groups in total. The van der Waals surface area contributed by atoms with Crippen molar-refractivity contribution in [1.29, 1.82) is 0 Å². The number of allylic oxidation sites excluding steroid dienone is 1. The molecule has 0 aliphatic heterocycles. The minimum Gasteiger partial charge on any atom is -0.496 e. The maximum absolute atomic E-state index is 11.2. The Labute approximate surface area is 154 Å². The fraction of sp³-hybridized carbons (Fsp3) is 0.238. The van der Waals surface area contributed by atoms with Crippen molar-refractivity contribution in [1.82, 2.24) is 5.32 Å². The van der Waals surface area contributed by atoms with Gasteiger partial charge >= 0.3 is 5.63 Å². The van der Waals surface area contributed by atoms with Gasteiger partial charge in [0, 0.05) is 19.3 Å². The first-order valence-electron chi connectivity index (χ1n) is 8.24. The molecule has 3 rings (SSSR count). The van der Waals surface area contributed by atoms with Gasteiger partial charge in [-0.1, -0.05) is 31.7 Å². The summed E-state index contributed by atoms with van der Waals surface area (Å²) in [7, 11) is 3.14. The molecule has 2 aromatic rings. The summed E-state index contributed by atoms with van der Waals surface area (Å²) in [6.07, 6.45) is 3.57. The van der Waals surface area contributed by atoms with E-state index in [4.69, 9.17) is 9.15 Å². The van der Waals surface area contributed by atoms with E-state index in [1.54, 1.807) is 51.4 Å². The number of nitrogens with one attached hydrogen (secondary N) is 1. The molecule has 138 valence electrons. The third-order valence-electron chi connectivity index (χ3n) is 3.26. The average Bonchev–Trinajstić information content (AvgIpc) is 2.70. The van der Waals surface area contributed by atoms with Crippen LogP contribution in [0, 0.1) is 6.92 Å². The Bertz CT molecular complexity index is 1010. The van der Waals surface area contributed by atoms with Gasteiger partial charge in [-0.25, -0.2) is 4.79 Å². The highest BCUT2D eigenvalue weighted by molar-refractivity contribution is 5.96. The van der Waals surface area contributed by atoms with Crippen molar-refractivity contribution < 1.29 is 15.4 Å². The van der Waals surface area contributed by atoms with Crippen molar-refractivity contribution in [3.8, 4) is 5.75 Å². The smallest absolute Gasteiger partial charge is 0.339 e. The summed E-state index contributed by atoms with van der Waals surface area (Å²) in [5.74, 6) is 0.462. The van der Waals surface area contributed by atoms with Gasteiger partial charge in [-0.05, 0) is 43.0 Å². The first-order valence-corrected chi connectivity index (χ1v) is 8.24. The molecule has 0 saturated carbocycles. The van der Waals surface area contributed by atoms with Crippen LogP contribution in [0.15, 0.2) is 51.4 Å². The van der Waals surface area contributed by atoms with Crippen molar-refractivity contribution in [2.75, 3.05) is 14.2 Å². The van der Waals surface area contributed by atoms with Crippen LogP contribution in [0.4, 0.5) is 0 Å². The molecule has 5 nitrogen and oxygen atoms in total. The number of para-hydroxylation sites is 1. The molecule has 5 heteroatoms. The first kappa shape index (κ1) is 20.8. The Hall–Kier alpha value is -3.26. The van der Waals surface area contributed by atoms with Crippen LogP contribution < -0.4 is 26.3 Å². The maximum atomic E-state index is 11.2. The molecule has 1 heterocycles. The Morgan fingerprint density at radius 1 is 1.27 bits per heavy atom. The van der Waals surface area contributed by atoms with Gasteiger partial charge in [0.15, 0.2) is 5.42 Å². The summed E-state index contributed by atoms with van der Waals surface area (Å²) < 4.78 is 9.96. The first-order chi connectivity index (χ1) is 12.6. The van der Waals surface area contributed by atoms with Crippen LogP contribution in [-0.2, 0) is 0 Å². The second-order valence-corrected chi connectivity index (χ2v) is 4.88. The summed E-state index contributed by atoms with van der Waals surface area (Å²) in [4.78, 5) is 22.2. The van der Waals surface area contributed by atoms with Crippen LogP contribution >= 0.6 is 0 Å². The summed E-state index contributed by atoms with van der Waals surface area (Å²) in [6.45, 7) is 5.72. The number of ether oxygens (including phenoxy) is 1. The largest absolute Gasteiger partial charge is 0.496 e. The predicted octanol–water partition coefficient (Wildman–Crippen LogP) is 2.16. The Balaban J connectivity index is 0.000000444. The number of hydrogen-bond donors (Lipinski definition) is 1. The van der Waals surface area contributed by atoms with Gasteiger partial charge in [0.2, 0.25) is 0 Å². The quantitative estimate of drug-likeness (QED) is 0.838. The van der Waals surface area contributed by atoms with Crippen molar-refractivity contribution in [3.63, 3.8) is 0 Å². The fourth-order valence-electron chi connectivity index (χ4n) is 2.02.